The molecule has 29 heavy (non-hydrogen) atoms. The molecule has 1 amide bonds. The van der Waals surface area contributed by atoms with Gasteiger partial charge in [0.2, 0.25) is 0 Å². The Bertz CT molecular complexity index is 914. The molecule has 0 saturated carbocycles. The van der Waals surface area contributed by atoms with E-state index >= 15 is 0 Å². The van der Waals surface area contributed by atoms with Crippen molar-refractivity contribution >= 4 is 22.5 Å². The summed E-state index contributed by atoms with van der Waals surface area (Å²) in [6, 6.07) is 12.9. The van der Waals surface area contributed by atoms with E-state index in [2.05, 4.69) is 34.6 Å². The van der Waals surface area contributed by atoms with Gasteiger partial charge in [-0.2, -0.15) is 4.36 Å². The van der Waals surface area contributed by atoms with Crippen molar-refractivity contribution in [2.75, 3.05) is 20.8 Å². The van der Waals surface area contributed by atoms with Crippen LogP contribution in [0.15, 0.2) is 46.8 Å². The van der Waals surface area contributed by atoms with Gasteiger partial charge >= 0.3 is 0 Å². The number of methoxy groups -OCH3 is 1. The summed E-state index contributed by atoms with van der Waals surface area (Å²) in [6.07, 6.45) is 0. The van der Waals surface area contributed by atoms with Crippen molar-refractivity contribution in [3.63, 3.8) is 0 Å². The molecular formula is C21H28N2O5S. The van der Waals surface area contributed by atoms with Crippen LogP contribution in [-0.4, -0.2) is 30.9 Å². The average Bonchev–Trinajstić information content (AvgIpc) is 2.70. The quantitative estimate of drug-likeness (QED) is 0.638. The maximum Gasteiger partial charge on any atom is 0.258 e. The van der Waals surface area contributed by atoms with Gasteiger partial charge in [0.1, 0.15) is 17.2 Å². The summed E-state index contributed by atoms with van der Waals surface area (Å²) in [6.45, 7) is 6.66. The second-order valence-corrected chi connectivity index (χ2v) is 8.41. The van der Waals surface area contributed by atoms with E-state index in [9.17, 15) is 9.00 Å². The van der Waals surface area contributed by atoms with Gasteiger partial charge in [0.05, 0.1) is 14.2 Å². The van der Waals surface area contributed by atoms with Crippen molar-refractivity contribution in [2.24, 2.45) is 4.36 Å². The van der Waals surface area contributed by atoms with Crippen molar-refractivity contribution < 1.29 is 22.7 Å². The Balaban J connectivity index is 1.89. The Morgan fingerprint density at radius 3 is 2.38 bits per heavy atom. The van der Waals surface area contributed by atoms with Gasteiger partial charge in [0.15, 0.2) is 17.5 Å². The molecule has 0 aliphatic carbocycles. The van der Waals surface area contributed by atoms with Gasteiger partial charge in [0.25, 0.3) is 5.91 Å². The van der Waals surface area contributed by atoms with Crippen LogP contribution in [0.2, 0.25) is 0 Å². The van der Waals surface area contributed by atoms with Crippen LogP contribution in [0.4, 0.5) is 5.69 Å². The highest BCUT2D eigenvalue weighted by Crippen LogP contribution is 2.28. The van der Waals surface area contributed by atoms with Crippen LogP contribution in [0.3, 0.4) is 0 Å². The first kappa shape index (κ1) is 22.7. The Labute approximate surface area is 173 Å². The summed E-state index contributed by atoms with van der Waals surface area (Å²) >= 11 is 0. The molecule has 0 saturated heterocycles. The molecule has 1 atom stereocenters. The molecule has 2 aromatic carbocycles. The molecule has 7 nitrogen and oxygen atoms in total. The molecule has 0 bridgehead atoms. The van der Waals surface area contributed by atoms with Gasteiger partial charge in [0, 0.05) is 6.54 Å². The van der Waals surface area contributed by atoms with E-state index in [4.69, 9.17) is 9.47 Å². The van der Waals surface area contributed by atoms with Gasteiger partial charge in [-0.1, -0.05) is 39.0 Å². The highest BCUT2D eigenvalue weighted by molar-refractivity contribution is 7.69. The zero-order valence-electron chi connectivity index (χ0n) is 17.4. The third kappa shape index (κ3) is 7.07. The van der Waals surface area contributed by atoms with E-state index in [-0.39, 0.29) is 17.9 Å². The lowest BCUT2D eigenvalue weighted by Crippen LogP contribution is -2.28. The van der Waals surface area contributed by atoms with Crippen LogP contribution >= 0.6 is 0 Å². The molecule has 0 radical (unpaired) electrons. The van der Waals surface area contributed by atoms with Crippen LogP contribution in [-0.2, 0) is 31.8 Å². The van der Waals surface area contributed by atoms with Crippen LogP contribution in [0.5, 0.6) is 11.5 Å². The fourth-order valence-electron chi connectivity index (χ4n) is 2.50. The number of rotatable bonds is 8. The highest BCUT2D eigenvalue weighted by Gasteiger charge is 2.13. The third-order valence-electron chi connectivity index (χ3n) is 4.17. The van der Waals surface area contributed by atoms with Crippen molar-refractivity contribution in [1.29, 1.82) is 0 Å². The summed E-state index contributed by atoms with van der Waals surface area (Å²) < 4.78 is 30.8. The summed E-state index contributed by atoms with van der Waals surface area (Å²) in [5.41, 5.74) is 2.51. The molecule has 1 unspecified atom stereocenters. The average molecular weight is 421 g/mol. The lowest BCUT2D eigenvalue weighted by molar-refractivity contribution is -0.123. The standard InChI is InChI=1S/C21H28N2O5S/c1-21(2,3)16-7-9-17(10-8-16)28-14-20(24)22-13-15-6-11-18(19(12-15)26-4)23-29(25)27-5/h6-12,29H,13-14H2,1-5H3,(H,22,24). The molecule has 2 rings (SSSR count). The lowest BCUT2D eigenvalue weighted by Gasteiger charge is -2.19. The maximum atomic E-state index is 12.1. The molecule has 0 aliphatic heterocycles. The number of thiol groups is 1. The number of hydrogen-bond acceptors (Lipinski definition) is 6. The Hall–Kier alpha value is -2.58. The Morgan fingerprint density at radius 1 is 1.10 bits per heavy atom. The summed E-state index contributed by atoms with van der Waals surface area (Å²) in [5, 5.41) is 2.80. The van der Waals surface area contributed by atoms with E-state index in [1.165, 1.54) is 19.8 Å². The first-order valence-corrected chi connectivity index (χ1v) is 10.3. The van der Waals surface area contributed by atoms with E-state index in [1.54, 1.807) is 18.2 Å². The SMILES string of the molecule is COc1cc(CNC(=O)COc2ccc(C(C)(C)C)cc2)ccc1N=[SH](=O)OC. The van der Waals surface area contributed by atoms with Gasteiger partial charge in [-0.25, -0.2) is 4.21 Å². The third-order valence-corrected chi connectivity index (χ3v) is 4.86. The number of carbonyl (C=O) groups excluding carboxylic acids is 1. The van der Waals surface area contributed by atoms with Crippen molar-refractivity contribution in [2.45, 2.75) is 32.7 Å². The zero-order chi connectivity index (χ0) is 21.4. The number of nitrogens with zero attached hydrogens (tertiary/aromatic N) is 1. The summed E-state index contributed by atoms with van der Waals surface area (Å²) in [4.78, 5) is 12.1. The van der Waals surface area contributed by atoms with Crippen molar-refractivity contribution in [3.05, 3.63) is 53.6 Å². The first-order chi connectivity index (χ1) is 13.7. The normalized spacial score (nSPS) is 12.4. The van der Waals surface area contributed by atoms with Gasteiger partial charge in [-0.15, -0.1) is 0 Å². The maximum absolute atomic E-state index is 12.1. The number of ether oxygens (including phenoxy) is 2. The second-order valence-electron chi connectivity index (χ2n) is 7.37. The first-order valence-electron chi connectivity index (χ1n) is 9.13. The van der Waals surface area contributed by atoms with Crippen LogP contribution in [0.1, 0.15) is 31.9 Å². The predicted molar refractivity (Wildman–Crippen MR) is 114 cm³/mol. The molecule has 158 valence electrons. The van der Waals surface area contributed by atoms with Crippen LogP contribution in [0.25, 0.3) is 0 Å². The Morgan fingerprint density at radius 2 is 1.79 bits per heavy atom. The summed E-state index contributed by atoms with van der Waals surface area (Å²) in [7, 11) is 0.683. The number of nitrogens with one attached hydrogen (secondary N) is 1. The number of carbonyl (C=O) groups is 1. The van der Waals surface area contributed by atoms with E-state index in [0.29, 0.717) is 23.7 Å². The molecule has 0 heterocycles. The molecule has 0 aliphatic rings. The smallest absolute Gasteiger partial charge is 0.258 e. The van der Waals surface area contributed by atoms with E-state index in [1.807, 2.05) is 24.3 Å². The van der Waals surface area contributed by atoms with E-state index in [0.717, 1.165) is 5.56 Å². The fourth-order valence-corrected chi connectivity index (χ4v) is 2.92. The molecule has 8 heteroatoms. The minimum Gasteiger partial charge on any atom is -0.494 e. The zero-order valence-corrected chi connectivity index (χ0v) is 18.3. The van der Waals surface area contributed by atoms with E-state index < -0.39 is 10.9 Å². The topological polar surface area (TPSA) is 86.2 Å². The second kappa shape index (κ2) is 10.3. The minimum atomic E-state index is -2.13. The van der Waals surface area contributed by atoms with Gasteiger partial charge in [-0.05, 0) is 40.8 Å². The predicted octanol–water partition coefficient (Wildman–Crippen LogP) is 3.55. The highest BCUT2D eigenvalue weighted by atomic mass is 32.2. The fraction of sp³-hybridized carbons (Fsp3) is 0.381. The van der Waals surface area contributed by atoms with Crippen LogP contribution < -0.4 is 14.8 Å². The van der Waals surface area contributed by atoms with Gasteiger partial charge < -0.3 is 14.8 Å². The van der Waals surface area contributed by atoms with Gasteiger partial charge in [-0.3, -0.25) is 8.98 Å². The molecular weight excluding hydrogens is 392 g/mol. The lowest BCUT2D eigenvalue weighted by atomic mass is 9.87. The molecule has 1 N–H and O–H groups in total. The van der Waals surface area contributed by atoms with Crippen molar-refractivity contribution in [1.82, 2.24) is 5.32 Å². The monoisotopic (exact) mass is 420 g/mol. The molecule has 0 aromatic heterocycles. The largest absolute Gasteiger partial charge is 0.494 e. The Kier molecular flexibility index (Phi) is 8.04. The number of benzene rings is 2. The molecule has 2 aromatic rings. The summed E-state index contributed by atoms with van der Waals surface area (Å²) in [5.74, 6) is 0.862. The number of amides is 1. The molecule has 0 fully saturated rings. The van der Waals surface area contributed by atoms with Crippen molar-refractivity contribution in [3.8, 4) is 11.5 Å². The van der Waals surface area contributed by atoms with Crippen LogP contribution in [0, 0.1) is 0 Å². The molecule has 0 spiro atoms. The number of hydrogen-bond donors (Lipinski definition) is 2. The minimum absolute atomic E-state index is 0.0684.